The number of amides is 1. The van der Waals surface area contributed by atoms with Gasteiger partial charge in [-0.2, -0.15) is 0 Å². The third-order valence-corrected chi connectivity index (χ3v) is 8.50. The van der Waals surface area contributed by atoms with Gasteiger partial charge in [0.25, 0.3) is 5.56 Å². The molecule has 2 saturated heterocycles. The maximum absolute atomic E-state index is 13.1. The second-order valence-corrected chi connectivity index (χ2v) is 11.2. The summed E-state index contributed by atoms with van der Waals surface area (Å²) in [6, 6.07) is 7.32. The maximum Gasteiger partial charge on any atom is 0.332 e. The first-order chi connectivity index (χ1) is 18.6. The summed E-state index contributed by atoms with van der Waals surface area (Å²) in [5.41, 5.74) is -0.277. The number of rotatable bonds is 4. The van der Waals surface area contributed by atoms with Crippen molar-refractivity contribution in [3.8, 4) is 0 Å². The Kier molecular flexibility index (Phi) is 5.99. The quantitative estimate of drug-likeness (QED) is 0.398. The number of nitrogens with one attached hydrogen (secondary N) is 1. The number of benzene rings is 1. The Balaban J connectivity index is 1.17. The fraction of sp³-hybridized carbons (Fsp3) is 0.519. The molecule has 12 nitrogen and oxygen atoms in total. The van der Waals surface area contributed by atoms with Gasteiger partial charge in [0.1, 0.15) is 11.4 Å². The molecule has 206 valence electrons. The van der Waals surface area contributed by atoms with E-state index in [0.29, 0.717) is 45.2 Å². The molecule has 39 heavy (non-hydrogen) atoms. The molecule has 0 aliphatic carbocycles. The van der Waals surface area contributed by atoms with Crippen LogP contribution in [0.15, 0.2) is 40.2 Å². The number of carbonyl (C=O) groups is 1. The maximum atomic E-state index is 13.1. The Morgan fingerprint density at radius 1 is 1.18 bits per heavy atom. The molecule has 2 aliphatic heterocycles. The Morgan fingerprint density at radius 2 is 1.92 bits per heavy atom. The molecule has 6 rings (SSSR count). The standard InChI is InChI=1S/C27H33N7O5/c1-26(38)15-39-27(14-19(26)34-16-28-23-22(34)24(36)32(3)25(37)31(23)2)10-12-33(13-11-27)21(35)9-8-20-29-17-6-4-5-7-18(17)30-20/h4-7,16,19,38H,8-15H2,1-3H3,(H,29,30)/t19-,26-/m0/s1. The molecule has 5 heterocycles. The van der Waals surface area contributed by atoms with Crippen LogP contribution in [0.4, 0.5) is 0 Å². The largest absolute Gasteiger partial charge is 0.386 e. The second kappa shape index (κ2) is 9.16. The van der Waals surface area contributed by atoms with E-state index >= 15 is 0 Å². The first kappa shape index (κ1) is 25.5. The zero-order chi connectivity index (χ0) is 27.5. The topological polar surface area (TPSA) is 140 Å². The van der Waals surface area contributed by atoms with Crippen molar-refractivity contribution in [2.45, 2.75) is 56.3 Å². The van der Waals surface area contributed by atoms with Crippen molar-refractivity contribution in [2.24, 2.45) is 14.1 Å². The van der Waals surface area contributed by atoms with Crippen molar-refractivity contribution in [3.63, 3.8) is 0 Å². The normalized spacial score (nSPS) is 23.2. The molecule has 1 amide bonds. The number of para-hydroxylation sites is 2. The lowest BCUT2D eigenvalue weighted by Crippen LogP contribution is -2.57. The van der Waals surface area contributed by atoms with Crippen molar-refractivity contribution >= 4 is 28.1 Å². The van der Waals surface area contributed by atoms with Gasteiger partial charge in [-0.3, -0.25) is 18.7 Å². The number of aryl methyl sites for hydroxylation is 2. The lowest BCUT2D eigenvalue weighted by molar-refractivity contribution is -0.201. The highest BCUT2D eigenvalue weighted by atomic mass is 16.5. The van der Waals surface area contributed by atoms with Crippen LogP contribution in [0.25, 0.3) is 22.2 Å². The minimum Gasteiger partial charge on any atom is -0.386 e. The number of aliphatic hydroxyl groups is 1. The van der Waals surface area contributed by atoms with E-state index in [9.17, 15) is 19.5 Å². The van der Waals surface area contributed by atoms with Crippen LogP contribution in [-0.2, 0) is 30.0 Å². The van der Waals surface area contributed by atoms with Gasteiger partial charge in [-0.25, -0.2) is 14.8 Å². The summed E-state index contributed by atoms with van der Waals surface area (Å²) in [5.74, 6) is 0.879. The van der Waals surface area contributed by atoms with E-state index in [1.807, 2.05) is 29.2 Å². The van der Waals surface area contributed by atoms with E-state index in [-0.39, 0.29) is 23.7 Å². The van der Waals surface area contributed by atoms with Crippen molar-refractivity contribution in [2.75, 3.05) is 19.7 Å². The number of aromatic nitrogens is 6. The number of ether oxygens (including phenoxy) is 1. The van der Waals surface area contributed by atoms with E-state index in [1.165, 1.54) is 17.9 Å². The van der Waals surface area contributed by atoms with Gasteiger partial charge in [0, 0.05) is 46.4 Å². The third kappa shape index (κ3) is 4.27. The van der Waals surface area contributed by atoms with E-state index in [1.54, 1.807) is 18.5 Å². The van der Waals surface area contributed by atoms with Gasteiger partial charge in [0.2, 0.25) is 5.91 Å². The minimum atomic E-state index is -1.25. The van der Waals surface area contributed by atoms with Crippen LogP contribution in [0.5, 0.6) is 0 Å². The van der Waals surface area contributed by atoms with Crippen LogP contribution in [0.3, 0.4) is 0 Å². The molecule has 1 aromatic carbocycles. The molecule has 2 aliphatic rings. The molecule has 12 heteroatoms. The summed E-state index contributed by atoms with van der Waals surface area (Å²) < 4.78 is 10.4. The summed E-state index contributed by atoms with van der Waals surface area (Å²) in [6.45, 7) is 2.88. The number of nitrogens with zero attached hydrogens (tertiary/aromatic N) is 6. The molecule has 2 N–H and O–H groups in total. The monoisotopic (exact) mass is 535 g/mol. The number of H-pyrrole nitrogens is 1. The number of aromatic amines is 1. The van der Waals surface area contributed by atoms with Crippen molar-refractivity contribution in [1.29, 1.82) is 0 Å². The zero-order valence-electron chi connectivity index (χ0n) is 22.4. The fourth-order valence-corrected chi connectivity index (χ4v) is 6.04. The Labute approximate surface area is 223 Å². The molecule has 1 spiro atoms. The molecule has 2 atom stereocenters. The Bertz CT molecular complexity index is 1650. The Morgan fingerprint density at radius 3 is 2.67 bits per heavy atom. The predicted octanol–water partition coefficient (Wildman–Crippen LogP) is 1.02. The van der Waals surface area contributed by atoms with Gasteiger partial charge in [0.15, 0.2) is 11.2 Å². The van der Waals surface area contributed by atoms with Gasteiger partial charge in [-0.05, 0) is 31.9 Å². The molecule has 2 fully saturated rings. The second-order valence-electron chi connectivity index (χ2n) is 11.2. The predicted molar refractivity (Wildman–Crippen MR) is 143 cm³/mol. The van der Waals surface area contributed by atoms with Crippen LogP contribution in [0.1, 0.15) is 44.5 Å². The van der Waals surface area contributed by atoms with Crippen molar-refractivity contribution < 1.29 is 14.6 Å². The molecule has 0 unspecified atom stereocenters. The van der Waals surface area contributed by atoms with Crippen LogP contribution in [0.2, 0.25) is 0 Å². The first-order valence-corrected chi connectivity index (χ1v) is 13.3. The minimum absolute atomic E-state index is 0.0784. The smallest absolute Gasteiger partial charge is 0.332 e. The number of carbonyl (C=O) groups excluding carboxylic acids is 1. The molecule has 0 radical (unpaired) electrons. The molecule has 3 aromatic heterocycles. The van der Waals surface area contributed by atoms with E-state index in [4.69, 9.17) is 4.74 Å². The fourth-order valence-electron chi connectivity index (χ4n) is 6.04. The summed E-state index contributed by atoms with van der Waals surface area (Å²) in [6.07, 6.45) is 4.15. The summed E-state index contributed by atoms with van der Waals surface area (Å²) in [5, 5.41) is 11.3. The number of likely N-dealkylation sites (tertiary alicyclic amines) is 1. The molecular weight excluding hydrogens is 502 g/mol. The van der Waals surface area contributed by atoms with Crippen LogP contribution in [0, 0.1) is 0 Å². The van der Waals surface area contributed by atoms with Gasteiger partial charge >= 0.3 is 5.69 Å². The summed E-state index contributed by atoms with van der Waals surface area (Å²) in [4.78, 5) is 52.5. The van der Waals surface area contributed by atoms with Crippen molar-refractivity contribution in [1.82, 2.24) is 33.6 Å². The van der Waals surface area contributed by atoms with E-state index in [0.717, 1.165) is 21.4 Å². The molecule has 4 aromatic rings. The number of fused-ring (bicyclic) bond motifs is 2. The van der Waals surface area contributed by atoms with Crippen LogP contribution >= 0.6 is 0 Å². The average molecular weight is 536 g/mol. The number of piperidine rings is 1. The number of hydrogen-bond donors (Lipinski definition) is 2. The van der Waals surface area contributed by atoms with Crippen molar-refractivity contribution in [3.05, 3.63) is 57.3 Å². The lowest BCUT2D eigenvalue weighted by atomic mass is 9.77. The third-order valence-electron chi connectivity index (χ3n) is 8.50. The molecule has 0 bridgehead atoms. The SMILES string of the molecule is Cn1c(=O)c2c(ncn2[C@H]2CC3(CCN(C(=O)CCc4nc5ccccc5[nH]4)CC3)OC[C@]2(C)O)n(C)c1=O. The molecular formula is C27H33N7O5. The number of imidazole rings is 2. The van der Waals surface area contributed by atoms with Crippen LogP contribution in [-0.4, -0.2) is 75.5 Å². The van der Waals surface area contributed by atoms with Gasteiger partial charge in [-0.1, -0.05) is 12.1 Å². The van der Waals surface area contributed by atoms with Gasteiger partial charge < -0.3 is 24.3 Å². The number of hydrogen-bond acceptors (Lipinski definition) is 7. The van der Waals surface area contributed by atoms with Gasteiger partial charge in [0.05, 0.1) is 35.6 Å². The Hall–Kier alpha value is -3.77. The summed E-state index contributed by atoms with van der Waals surface area (Å²) >= 11 is 0. The first-order valence-electron chi connectivity index (χ1n) is 13.3. The highest BCUT2D eigenvalue weighted by Crippen LogP contribution is 2.44. The molecule has 0 saturated carbocycles. The summed E-state index contributed by atoms with van der Waals surface area (Å²) in [7, 11) is 3.01. The van der Waals surface area contributed by atoms with Crippen LogP contribution < -0.4 is 11.2 Å². The highest BCUT2D eigenvalue weighted by Gasteiger charge is 2.50. The van der Waals surface area contributed by atoms with E-state index in [2.05, 4.69) is 15.0 Å². The zero-order valence-corrected chi connectivity index (χ0v) is 22.4. The van der Waals surface area contributed by atoms with Gasteiger partial charge in [-0.15, -0.1) is 0 Å². The van der Waals surface area contributed by atoms with E-state index < -0.39 is 28.5 Å². The average Bonchev–Trinajstić information content (AvgIpc) is 3.56. The highest BCUT2D eigenvalue weighted by molar-refractivity contribution is 5.77. The lowest BCUT2D eigenvalue weighted by Gasteiger charge is -2.51.